The molecule has 0 aromatic heterocycles. The van der Waals surface area contributed by atoms with Crippen LogP contribution >= 0.6 is 0 Å². The second kappa shape index (κ2) is 6.42. The average Bonchev–Trinajstić information content (AvgIpc) is 2.47. The first-order valence-electron chi connectivity index (χ1n) is 7.44. The summed E-state index contributed by atoms with van der Waals surface area (Å²) in [5.41, 5.74) is 2.13. The zero-order valence-electron chi connectivity index (χ0n) is 13.4. The van der Waals surface area contributed by atoms with E-state index in [-0.39, 0.29) is 5.92 Å². The Morgan fingerprint density at radius 1 is 0.952 bits per heavy atom. The largest absolute Gasteiger partial charge is 0.380 e. The Bertz CT molecular complexity index is 562. The summed E-state index contributed by atoms with van der Waals surface area (Å²) in [5, 5.41) is 11.5. The molecule has 0 heterocycles. The van der Waals surface area contributed by atoms with Crippen molar-refractivity contribution in [2.45, 2.75) is 19.4 Å². The normalized spacial score (nSPS) is 15.7. The zero-order chi connectivity index (χ0) is 15.5. The SMILES string of the molecule is Cc1ccc(C(O)(c2ccccc2)C(C)CN(C)C)cc1. The summed E-state index contributed by atoms with van der Waals surface area (Å²) in [6.07, 6.45) is 0. The molecule has 0 amide bonds. The van der Waals surface area contributed by atoms with Gasteiger partial charge in [0.15, 0.2) is 0 Å². The standard InChI is InChI=1S/C19H25NO/c1-15-10-12-18(13-11-15)19(21,16(2)14-20(3)4)17-8-6-5-7-9-17/h5-13,16,21H,14H2,1-4H3. The first-order valence-corrected chi connectivity index (χ1v) is 7.44. The lowest BCUT2D eigenvalue weighted by Gasteiger charge is -2.37. The summed E-state index contributed by atoms with van der Waals surface area (Å²) in [6, 6.07) is 18.2. The molecule has 0 spiro atoms. The highest BCUT2D eigenvalue weighted by Gasteiger charge is 2.37. The minimum Gasteiger partial charge on any atom is -0.380 e. The summed E-state index contributed by atoms with van der Waals surface area (Å²) in [6.45, 7) is 4.99. The number of aryl methyl sites for hydroxylation is 1. The molecule has 0 radical (unpaired) electrons. The number of hydrogen-bond donors (Lipinski definition) is 1. The molecule has 0 aliphatic carbocycles. The third-order valence-corrected chi connectivity index (χ3v) is 4.06. The molecular formula is C19H25NO. The zero-order valence-corrected chi connectivity index (χ0v) is 13.4. The molecule has 0 bridgehead atoms. The van der Waals surface area contributed by atoms with Crippen molar-refractivity contribution in [1.82, 2.24) is 4.90 Å². The third-order valence-electron chi connectivity index (χ3n) is 4.06. The average molecular weight is 283 g/mol. The van der Waals surface area contributed by atoms with Gasteiger partial charge < -0.3 is 10.0 Å². The van der Waals surface area contributed by atoms with Gasteiger partial charge in [-0.1, -0.05) is 67.1 Å². The van der Waals surface area contributed by atoms with Gasteiger partial charge >= 0.3 is 0 Å². The molecule has 112 valence electrons. The van der Waals surface area contributed by atoms with Crippen molar-refractivity contribution >= 4 is 0 Å². The topological polar surface area (TPSA) is 23.5 Å². The van der Waals surface area contributed by atoms with E-state index in [1.165, 1.54) is 5.56 Å². The van der Waals surface area contributed by atoms with Crippen LogP contribution in [0.2, 0.25) is 0 Å². The molecular weight excluding hydrogens is 258 g/mol. The van der Waals surface area contributed by atoms with Crippen LogP contribution in [-0.2, 0) is 5.60 Å². The van der Waals surface area contributed by atoms with Crippen molar-refractivity contribution in [1.29, 1.82) is 0 Å². The Morgan fingerprint density at radius 3 is 2.00 bits per heavy atom. The van der Waals surface area contributed by atoms with Crippen LogP contribution in [0.1, 0.15) is 23.6 Å². The number of aliphatic hydroxyl groups is 1. The van der Waals surface area contributed by atoms with Gasteiger partial charge in [-0.05, 0) is 32.1 Å². The maximum Gasteiger partial charge on any atom is 0.118 e. The molecule has 2 aromatic carbocycles. The fourth-order valence-corrected chi connectivity index (χ4v) is 2.92. The van der Waals surface area contributed by atoms with Crippen LogP contribution in [0.15, 0.2) is 54.6 Å². The third kappa shape index (κ3) is 3.34. The molecule has 2 aromatic rings. The van der Waals surface area contributed by atoms with Gasteiger partial charge in [-0.25, -0.2) is 0 Å². The Labute approximate surface area is 128 Å². The number of nitrogens with zero attached hydrogens (tertiary/aromatic N) is 1. The maximum atomic E-state index is 11.5. The Balaban J connectivity index is 2.50. The lowest BCUT2D eigenvalue weighted by Crippen LogP contribution is -2.40. The van der Waals surface area contributed by atoms with Crippen molar-refractivity contribution in [2.24, 2.45) is 5.92 Å². The molecule has 0 saturated carbocycles. The number of rotatable bonds is 5. The highest BCUT2D eigenvalue weighted by atomic mass is 16.3. The van der Waals surface area contributed by atoms with Gasteiger partial charge in [0.2, 0.25) is 0 Å². The van der Waals surface area contributed by atoms with Crippen molar-refractivity contribution in [2.75, 3.05) is 20.6 Å². The van der Waals surface area contributed by atoms with E-state index in [2.05, 4.69) is 30.9 Å². The van der Waals surface area contributed by atoms with E-state index >= 15 is 0 Å². The highest BCUT2D eigenvalue weighted by molar-refractivity contribution is 5.38. The fourth-order valence-electron chi connectivity index (χ4n) is 2.92. The van der Waals surface area contributed by atoms with Gasteiger partial charge in [-0.2, -0.15) is 0 Å². The minimum absolute atomic E-state index is 0.0811. The lowest BCUT2D eigenvalue weighted by molar-refractivity contribution is 0.0134. The summed E-state index contributed by atoms with van der Waals surface area (Å²) in [7, 11) is 4.08. The summed E-state index contributed by atoms with van der Waals surface area (Å²) >= 11 is 0. The van der Waals surface area contributed by atoms with Crippen molar-refractivity contribution in [3.63, 3.8) is 0 Å². The molecule has 2 nitrogen and oxygen atoms in total. The van der Waals surface area contributed by atoms with E-state index in [9.17, 15) is 5.11 Å². The van der Waals surface area contributed by atoms with Crippen LogP contribution in [-0.4, -0.2) is 30.6 Å². The van der Waals surface area contributed by atoms with Crippen LogP contribution < -0.4 is 0 Å². The predicted molar refractivity (Wildman–Crippen MR) is 88.3 cm³/mol. The first kappa shape index (κ1) is 15.7. The molecule has 0 saturated heterocycles. The van der Waals surface area contributed by atoms with Crippen molar-refractivity contribution in [3.05, 3.63) is 71.3 Å². The van der Waals surface area contributed by atoms with Gasteiger partial charge in [0, 0.05) is 12.5 Å². The van der Waals surface area contributed by atoms with E-state index in [1.54, 1.807) is 0 Å². The fraction of sp³-hybridized carbons (Fsp3) is 0.368. The van der Waals surface area contributed by atoms with Gasteiger partial charge in [0.25, 0.3) is 0 Å². The molecule has 2 heteroatoms. The Morgan fingerprint density at radius 2 is 1.48 bits per heavy atom. The van der Waals surface area contributed by atoms with Gasteiger partial charge in [0.1, 0.15) is 5.60 Å². The Hall–Kier alpha value is -1.64. The second-order valence-corrected chi connectivity index (χ2v) is 6.16. The molecule has 0 aliphatic heterocycles. The molecule has 1 N–H and O–H groups in total. The van der Waals surface area contributed by atoms with Crippen molar-refractivity contribution < 1.29 is 5.11 Å². The second-order valence-electron chi connectivity index (χ2n) is 6.16. The van der Waals surface area contributed by atoms with Gasteiger partial charge in [-0.15, -0.1) is 0 Å². The van der Waals surface area contributed by atoms with E-state index in [0.717, 1.165) is 17.7 Å². The molecule has 2 atom stereocenters. The van der Waals surface area contributed by atoms with E-state index in [0.29, 0.717) is 0 Å². The van der Waals surface area contributed by atoms with Crippen LogP contribution in [0, 0.1) is 12.8 Å². The summed E-state index contributed by atoms with van der Waals surface area (Å²) in [5.74, 6) is 0.0811. The van der Waals surface area contributed by atoms with Gasteiger partial charge in [-0.3, -0.25) is 0 Å². The van der Waals surface area contributed by atoms with Crippen molar-refractivity contribution in [3.8, 4) is 0 Å². The summed E-state index contributed by atoms with van der Waals surface area (Å²) < 4.78 is 0. The monoisotopic (exact) mass is 283 g/mol. The predicted octanol–water partition coefficient (Wildman–Crippen LogP) is 3.43. The van der Waals surface area contributed by atoms with Crippen LogP contribution in [0.3, 0.4) is 0 Å². The number of benzene rings is 2. The van der Waals surface area contributed by atoms with E-state index in [4.69, 9.17) is 0 Å². The Kier molecular flexibility index (Phi) is 4.81. The van der Waals surface area contributed by atoms with Crippen LogP contribution in [0.4, 0.5) is 0 Å². The molecule has 2 rings (SSSR count). The quantitative estimate of drug-likeness (QED) is 0.909. The van der Waals surface area contributed by atoms with E-state index < -0.39 is 5.60 Å². The highest BCUT2D eigenvalue weighted by Crippen LogP contribution is 2.37. The molecule has 21 heavy (non-hydrogen) atoms. The van der Waals surface area contributed by atoms with Crippen LogP contribution in [0.5, 0.6) is 0 Å². The lowest BCUT2D eigenvalue weighted by atomic mass is 9.76. The molecule has 2 unspecified atom stereocenters. The molecule has 0 aliphatic rings. The van der Waals surface area contributed by atoms with Crippen LogP contribution in [0.25, 0.3) is 0 Å². The van der Waals surface area contributed by atoms with E-state index in [1.807, 2.05) is 56.6 Å². The summed E-state index contributed by atoms with van der Waals surface area (Å²) in [4.78, 5) is 2.12. The van der Waals surface area contributed by atoms with Gasteiger partial charge in [0.05, 0.1) is 0 Å². The minimum atomic E-state index is -0.973. The number of hydrogen-bond acceptors (Lipinski definition) is 2. The first-order chi connectivity index (χ1) is 9.94. The smallest absolute Gasteiger partial charge is 0.118 e. The maximum absolute atomic E-state index is 11.5. The molecule has 0 fully saturated rings.